The fraction of sp³-hybridized carbons (Fsp3) is 0.750. The number of aromatic amines is 1. The first-order valence-electron chi connectivity index (χ1n) is 10.3. The summed E-state index contributed by atoms with van der Waals surface area (Å²) in [5.74, 6) is 0. The summed E-state index contributed by atoms with van der Waals surface area (Å²) < 4.78 is 48.8. The lowest BCUT2D eigenvalue weighted by Gasteiger charge is -2.39. The van der Waals surface area contributed by atoms with E-state index in [-0.39, 0.29) is 12.0 Å². The first kappa shape index (κ1) is 29.2. The number of aliphatic hydroxyl groups excluding tert-OH is 5. The van der Waals surface area contributed by atoms with E-state index in [9.17, 15) is 48.9 Å². The van der Waals surface area contributed by atoms with E-state index in [4.69, 9.17) is 14.6 Å². The number of hydrogen-bond acceptors (Lipinski definition) is 14. The Kier molecular flexibility index (Phi) is 9.08. The normalized spacial score (nSPS) is 36.3. The third kappa shape index (κ3) is 6.75. The van der Waals surface area contributed by atoms with Gasteiger partial charge in [0.15, 0.2) is 6.29 Å². The third-order valence-corrected chi connectivity index (χ3v) is 7.95. The zero-order chi connectivity index (χ0) is 27.0. The zero-order valence-electron chi connectivity index (χ0n) is 18.5. The van der Waals surface area contributed by atoms with E-state index in [1.54, 1.807) is 0 Å². The Morgan fingerprint density at radius 1 is 1.06 bits per heavy atom. The third-order valence-electron chi connectivity index (χ3n) is 5.35. The van der Waals surface area contributed by atoms with Crippen LogP contribution < -0.4 is 11.2 Å². The Balaban J connectivity index is 1.59. The van der Waals surface area contributed by atoms with Crippen LogP contribution >= 0.6 is 15.6 Å². The van der Waals surface area contributed by atoms with Gasteiger partial charge in [-0.1, -0.05) is 0 Å². The molecule has 3 heterocycles. The second-order valence-electron chi connectivity index (χ2n) is 8.03. The number of rotatable bonds is 9. The van der Waals surface area contributed by atoms with Crippen LogP contribution in [0.2, 0.25) is 0 Å². The number of H-pyrrole nitrogens is 1. The molecule has 8 N–H and O–H groups in total. The molecule has 3 rings (SSSR count). The molecule has 4 unspecified atom stereocenters. The number of aliphatic hydroxyl groups is 5. The van der Waals surface area contributed by atoms with E-state index in [1.165, 1.54) is 13.1 Å². The quantitative estimate of drug-likeness (QED) is 0.135. The van der Waals surface area contributed by atoms with Crippen molar-refractivity contribution in [2.45, 2.75) is 62.5 Å². The summed E-state index contributed by atoms with van der Waals surface area (Å²) in [5.41, 5.74) is -1.27. The van der Waals surface area contributed by atoms with E-state index in [0.717, 1.165) is 4.57 Å². The van der Waals surface area contributed by atoms with E-state index in [1.807, 2.05) is 0 Å². The Morgan fingerprint density at radius 2 is 1.72 bits per heavy atom. The number of phosphoric acid groups is 2. The Labute approximate surface area is 201 Å². The van der Waals surface area contributed by atoms with Crippen LogP contribution in [-0.4, -0.2) is 101 Å². The molecule has 1 aromatic rings. The van der Waals surface area contributed by atoms with E-state index in [2.05, 4.69) is 18.3 Å². The van der Waals surface area contributed by atoms with Crippen LogP contribution in [0.4, 0.5) is 0 Å². The van der Waals surface area contributed by atoms with Gasteiger partial charge >= 0.3 is 21.3 Å². The highest BCUT2D eigenvalue weighted by atomic mass is 31.3. The first-order chi connectivity index (χ1) is 16.6. The van der Waals surface area contributed by atoms with Crippen molar-refractivity contribution in [3.05, 3.63) is 32.6 Å². The summed E-state index contributed by atoms with van der Waals surface area (Å²) in [5, 5.41) is 48.5. The molecule has 0 aliphatic carbocycles. The maximum Gasteiger partial charge on any atom is 0.483 e. The fourth-order valence-electron chi connectivity index (χ4n) is 3.46. The molecule has 2 aliphatic rings. The molecule has 0 saturated carbocycles. The monoisotopic (exact) mass is 564 g/mol. The molecule has 0 bridgehead atoms. The Bertz CT molecular complexity index is 1140. The molecule has 0 amide bonds. The highest BCUT2D eigenvalue weighted by Gasteiger charge is 2.48. The second-order valence-corrected chi connectivity index (χ2v) is 11.0. The molecule has 20 heteroatoms. The van der Waals surface area contributed by atoms with Gasteiger partial charge in [-0.05, 0) is 6.92 Å². The van der Waals surface area contributed by atoms with Crippen LogP contribution in [0.25, 0.3) is 0 Å². The smallest absolute Gasteiger partial charge is 0.394 e. The Hall–Kier alpha value is -1.34. The molecule has 10 atom stereocenters. The lowest BCUT2D eigenvalue weighted by Crippen LogP contribution is -2.58. The van der Waals surface area contributed by atoms with Crippen molar-refractivity contribution in [3.8, 4) is 0 Å². The summed E-state index contributed by atoms with van der Waals surface area (Å²) in [7, 11) is -10.9. The molecule has 206 valence electrons. The predicted molar refractivity (Wildman–Crippen MR) is 112 cm³/mol. The molecular formula is C16H26N2O16P2. The first-order valence-corrected chi connectivity index (χ1v) is 13.3. The molecule has 2 aliphatic heterocycles. The predicted octanol–water partition coefficient (Wildman–Crippen LogP) is -3.46. The van der Waals surface area contributed by atoms with Gasteiger partial charge < -0.3 is 44.8 Å². The lowest BCUT2D eigenvalue weighted by molar-refractivity contribution is -0.280. The fourth-order valence-corrected chi connectivity index (χ4v) is 5.62. The van der Waals surface area contributed by atoms with Crippen LogP contribution in [0, 0.1) is 6.92 Å². The molecule has 1 aromatic heterocycles. The lowest BCUT2D eigenvalue weighted by atomic mass is 10.00. The Morgan fingerprint density at radius 3 is 2.36 bits per heavy atom. The van der Waals surface area contributed by atoms with Crippen molar-refractivity contribution >= 4 is 15.6 Å². The molecule has 0 radical (unpaired) electrons. The van der Waals surface area contributed by atoms with Crippen LogP contribution in [0.1, 0.15) is 18.2 Å². The molecule has 36 heavy (non-hydrogen) atoms. The summed E-state index contributed by atoms with van der Waals surface area (Å²) >= 11 is 0. The van der Waals surface area contributed by atoms with Gasteiger partial charge in [0.25, 0.3) is 5.56 Å². The van der Waals surface area contributed by atoms with Gasteiger partial charge in [0.05, 0.1) is 19.3 Å². The van der Waals surface area contributed by atoms with Gasteiger partial charge in [0.2, 0.25) is 0 Å². The summed E-state index contributed by atoms with van der Waals surface area (Å²) in [6, 6.07) is 0. The number of aromatic nitrogens is 2. The van der Waals surface area contributed by atoms with Crippen molar-refractivity contribution in [3.63, 3.8) is 0 Å². The minimum Gasteiger partial charge on any atom is -0.394 e. The average molecular weight is 564 g/mol. The minimum atomic E-state index is -5.54. The highest BCUT2D eigenvalue weighted by Crippen LogP contribution is 2.61. The van der Waals surface area contributed by atoms with Crippen molar-refractivity contribution in [1.29, 1.82) is 0 Å². The van der Waals surface area contributed by atoms with Crippen LogP contribution in [0.3, 0.4) is 0 Å². The van der Waals surface area contributed by atoms with E-state index < -0.39 is 89.2 Å². The zero-order valence-corrected chi connectivity index (χ0v) is 20.3. The molecular weight excluding hydrogens is 538 g/mol. The summed E-state index contributed by atoms with van der Waals surface area (Å²) in [6.45, 7) is -0.305. The van der Waals surface area contributed by atoms with Gasteiger partial charge in [0, 0.05) is 18.2 Å². The van der Waals surface area contributed by atoms with Gasteiger partial charge in [-0.2, -0.15) is 4.31 Å². The second kappa shape index (κ2) is 11.2. The number of nitrogens with zero attached hydrogens (tertiary/aromatic N) is 1. The average Bonchev–Trinajstić information content (AvgIpc) is 3.14. The number of aryl methyl sites for hydroxylation is 1. The van der Waals surface area contributed by atoms with Gasteiger partial charge in [0.1, 0.15) is 36.7 Å². The number of ether oxygens (including phenoxy) is 2. The minimum absolute atomic E-state index is 0.172. The molecule has 18 nitrogen and oxygen atoms in total. The molecule has 0 spiro atoms. The maximum atomic E-state index is 12.2. The van der Waals surface area contributed by atoms with Crippen LogP contribution in [-0.2, 0) is 32.0 Å². The molecule has 2 saturated heterocycles. The van der Waals surface area contributed by atoms with Gasteiger partial charge in [-0.15, -0.1) is 0 Å². The topological polar surface area (TPSA) is 277 Å². The van der Waals surface area contributed by atoms with Crippen molar-refractivity contribution < 1.29 is 67.3 Å². The van der Waals surface area contributed by atoms with E-state index in [0.29, 0.717) is 0 Å². The summed E-state index contributed by atoms with van der Waals surface area (Å²) in [6.07, 6.45) is -12.2. The standard InChI is InChI=1S/C16H26N2O16P2/c1-6-3-18(16(25)17-14(6)24)10-2-7(20)9(31-10)5-30-35(26,27)34-36(28,29)33-15-13(23)12(22)11(21)8(4-19)32-15/h3,7-13,15,19-23H,2,4-5H2,1H3,(H,26,27)(H,28,29)(H,17,24,25)/t7-,8?,9-,10-,11-,12?,13+,15+/m1/s1. The van der Waals surface area contributed by atoms with Gasteiger partial charge in [-0.3, -0.25) is 23.4 Å². The maximum absolute atomic E-state index is 12.2. The van der Waals surface area contributed by atoms with E-state index >= 15 is 0 Å². The summed E-state index contributed by atoms with van der Waals surface area (Å²) in [4.78, 5) is 45.2. The largest absolute Gasteiger partial charge is 0.483 e. The molecule has 0 aromatic carbocycles. The van der Waals surface area contributed by atoms with Gasteiger partial charge in [-0.25, -0.2) is 13.9 Å². The SMILES string of the molecule is Cc1cn([C@H]2C[C@@H](O)[C@@H](COP(=O)(O)OP(=O)(O)O[C@@H]3OC(CO)[C@@H](O)C(O)[C@@H]3O)O2)c(=O)[nH]c1=O. The van der Waals surface area contributed by atoms with Crippen molar-refractivity contribution in [2.75, 3.05) is 13.2 Å². The van der Waals surface area contributed by atoms with Crippen LogP contribution in [0.5, 0.6) is 0 Å². The molecule has 2 fully saturated rings. The van der Waals surface area contributed by atoms with Crippen molar-refractivity contribution in [1.82, 2.24) is 9.55 Å². The van der Waals surface area contributed by atoms with Crippen LogP contribution in [0.15, 0.2) is 15.8 Å². The number of phosphoric ester groups is 2. The van der Waals surface area contributed by atoms with Crippen molar-refractivity contribution in [2.24, 2.45) is 0 Å². The highest BCUT2D eigenvalue weighted by molar-refractivity contribution is 7.61. The number of hydrogen-bond donors (Lipinski definition) is 8. The number of nitrogens with one attached hydrogen (secondary N) is 1.